The summed E-state index contributed by atoms with van der Waals surface area (Å²) in [6.07, 6.45) is 10.1. The summed E-state index contributed by atoms with van der Waals surface area (Å²) >= 11 is 0. The van der Waals surface area contributed by atoms with Gasteiger partial charge in [0, 0.05) is 29.2 Å². The molecule has 2 aromatic rings. The third kappa shape index (κ3) is 5.99. The van der Waals surface area contributed by atoms with Gasteiger partial charge in [-0.3, -0.25) is 9.78 Å². The molecule has 25 heavy (non-hydrogen) atoms. The normalized spacial score (nSPS) is 15.4. The topological polar surface area (TPSA) is 68.0 Å². The molecule has 0 aliphatic heterocycles. The highest BCUT2D eigenvalue weighted by atomic mass is 35.5. The standard InChI is InChI=1S/C19H23N3O.2ClH/c20-19(10-2-1-3-11-19)14-15-4-6-16(7-5-15)18(23)22-17-8-12-21-13-9-17;;/h4-9,12-13H,1-3,10-11,14,20H2,(H,21,22,23);2*1H. The number of amides is 1. The van der Waals surface area contributed by atoms with Crippen molar-refractivity contribution >= 4 is 36.4 Å². The first-order chi connectivity index (χ1) is 11.1. The Morgan fingerprint density at radius 3 is 2.20 bits per heavy atom. The fourth-order valence-electron chi connectivity index (χ4n) is 3.25. The van der Waals surface area contributed by atoms with Gasteiger partial charge >= 0.3 is 0 Å². The van der Waals surface area contributed by atoms with Crippen molar-refractivity contribution in [3.05, 3.63) is 59.9 Å². The molecule has 3 N–H and O–H groups in total. The molecule has 6 heteroatoms. The lowest BCUT2D eigenvalue weighted by Crippen LogP contribution is -2.43. The molecule has 1 aromatic carbocycles. The second-order valence-corrected chi connectivity index (χ2v) is 6.49. The Labute approximate surface area is 161 Å². The molecule has 0 bridgehead atoms. The van der Waals surface area contributed by atoms with E-state index in [0.717, 1.165) is 24.9 Å². The number of carbonyl (C=O) groups excluding carboxylic acids is 1. The molecule has 4 nitrogen and oxygen atoms in total. The number of aromatic nitrogens is 1. The predicted octanol–water partition coefficient (Wildman–Crippen LogP) is 4.38. The van der Waals surface area contributed by atoms with E-state index >= 15 is 0 Å². The van der Waals surface area contributed by atoms with Gasteiger partial charge in [0.2, 0.25) is 0 Å². The average Bonchev–Trinajstić information content (AvgIpc) is 2.57. The zero-order chi connectivity index (χ0) is 16.1. The lowest BCUT2D eigenvalue weighted by Gasteiger charge is -2.33. The van der Waals surface area contributed by atoms with Crippen LogP contribution in [0.4, 0.5) is 5.69 Å². The number of nitrogens with one attached hydrogen (secondary N) is 1. The van der Waals surface area contributed by atoms with Crippen molar-refractivity contribution in [2.45, 2.75) is 44.1 Å². The number of nitrogens with zero attached hydrogens (tertiary/aromatic N) is 1. The monoisotopic (exact) mass is 381 g/mol. The number of anilines is 1. The lowest BCUT2D eigenvalue weighted by atomic mass is 9.78. The molecular weight excluding hydrogens is 357 g/mol. The van der Waals surface area contributed by atoms with Crippen LogP contribution < -0.4 is 11.1 Å². The van der Waals surface area contributed by atoms with Crippen molar-refractivity contribution in [1.82, 2.24) is 4.98 Å². The van der Waals surface area contributed by atoms with Crippen molar-refractivity contribution in [3.8, 4) is 0 Å². The Balaban J connectivity index is 0.00000156. The van der Waals surface area contributed by atoms with Crippen molar-refractivity contribution in [2.75, 3.05) is 5.32 Å². The van der Waals surface area contributed by atoms with Gasteiger partial charge in [-0.15, -0.1) is 24.8 Å². The second-order valence-electron chi connectivity index (χ2n) is 6.49. The molecule has 0 spiro atoms. The minimum Gasteiger partial charge on any atom is -0.325 e. The zero-order valence-corrected chi connectivity index (χ0v) is 15.7. The van der Waals surface area contributed by atoms with Crippen LogP contribution in [0.1, 0.15) is 48.0 Å². The summed E-state index contributed by atoms with van der Waals surface area (Å²) in [5.41, 5.74) is 9.04. The van der Waals surface area contributed by atoms with Crippen LogP contribution in [0.2, 0.25) is 0 Å². The van der Waals surface area contributed by atoms with Gasteiger partial charge in [-0.2, -0.15) is 0 Å². The van der Waals surface area contributed by atoms with E-state index in [1.54, 1.807) is 24.5 Å². The van der Waals surface area contributed by atoms with Crippen LogP contribution in [0.15, 0.2) is 48.8 Å². The van der Waals surface area contributed by atoms with Gasteiger partial charge in [0.15, 0.2) is 0 Å². The number of halogens is 2. The number of rotatable bonds is 4. The van der Waals surface area contributed by atoms with Crippen molar-refractivity contribution in [2.24, 2.45) is 5.73 Å². The Morgan fingerprint density at radius 1 is 1.00 bits per heavy atom. The zero-order valence-electron chi connectivity index (χ0n) is 14.1. The van der Waals surface area contributed by atoms with Gasteiger partial charge in [-0.05, 0) is 49.1 Å². The summed E-state index contributed by atoms with van der Waals surface area (Å²) in [5, 5.41) is 2.86. The molecule has 1 amide bonds. The smallest absolute Gasteiger partial charge is 0.255 e. The van der Waals surface area contributed by atoms with Crippen LogP contribution in [-0.2, 0) is 6.42 Å². The summed E-state index contributed by atoms with van der Waals surface area (Å²) in [6, 6.07) is 11.3. The fourth-order valence-corrected chi connectivity index (χ4v) is 3.25. The largest absolute Gasteiger partial charge is 0.325 e. The lowest BCUT2D eigenvalue weighted by molar-refractivity contribution is 0.102. The Kier molecular flexibility index (Phi) is 8.36. The Hall–Kier alpha value is -1.62. The highest BCUT2D eigenvalue weighted by molar-refractivity contribution is 6.04. The van der Waals surface area contributed by atoms with E-state index in [4.69, 9.17) is 5.73 Å². The van der Waals surface area contributed by atoms with E-state index in [1.807, 2.05) is 24.3 Å². The van der Waals surface area contributed by atoms with Gasteiger partial charge in [0.05, 0.1) is 0 Å². The Morgan fingerprint density at radius 2 is 1.60 bits per heavy atom. The number of benzene rings is 1. The van der Waals surface area contributed by atoms with Gasteiger partial charge in [0.25, 0.3) is 5.91 Å². The summed E-state index contributed by atoms with van der Waals surface area (Å²) in [5.74, 6) is -0.108. The van der Waals surface area contributed by atoms with E-state index in [-0.39, 0.29) is 36.3 Å². The second kappa shape index (κ2) is 9.76. The molecule has 1 heterocycles. The highest BCUT2D eigenvalue weighted by Crippen LogP contribution is 2.29. The van der Waals surface area contributed by atoms with Crippen LogP contribution in [-0.4, -0.2) is 16.4 Å². The number of carbonyl (C=O) groups is 1. The molecule has 136 valence electrons. The van der Waals surface area contributed by atoms with Gasteiger partial charge in [0.1, 0.15) is 0 Å². The fraction of sp³-hybridized carbons (Fsp3) is 0.368. The predicted molar refractivity (Wildman–Crippen MR) is 107 cm³/mol. The Bertz CT molecular complexity index is 656. The number of pyridine rings is 1. The van der Waals surface area contributed by atoms with Gasteiger partial charge in [-0.25, -0.2) is 0 Å². The minimum absolute atomic E-state index is 0. The maximum atomic E-state index is 12.2. The van der Waals surface area contributed by atoms with Crippen LogP contribution in [0.5, 0.6) is 0 Å². The van der Waals surface area contributed by atoms with Crippen molar-refractivity contribution < 1.29 is 4.79 Å². The van der Waals surface area contributed by atoms with E-state index in [1.165, 1.54) is 24.8 Å². The van der Waals surface area contributed by atoms with Crippen molar-refractivity contribution in [3.63, 3.8) is 0 Å². The summed E-state index contributed by atoms with van der Waals surface area (Å²) < 4.78 is 0. The first kappa shape index (κ1) is 21.4. The minimum atomic E-state index is -0.108. The first-order valence-electron chi connectivity index (χ1n) is 8.24. The SMILES string of the molecule is Cl.Cl.NC1(Cc2ccc(C(=O)Nc3ccncc3)cc2)CCCCC1. The van der Waals surface area contributed by atoms with Crippen LogP contribution in [0.3, 0.4) is 0 Å². The maximum absolute atomic E-state index is 12.2. The van der Waals surface area contributed by atoms with Crippen LogP contribution in [0, 0.1) is 0 Å². The summed E-state index contributed by atoms with van der Waals surface area (Å²) in [6.45, 7) is 0. The molecule has 0 radical (unpaired) electrons. The molecule has 0 unspecified atom stereocenters. The van der Waals surface area contributed by atoms with Crippen LogP contribution in [0.25, 0.3) is 0 Å². The highest BCUT2D eigenvalue weighted by Gasteiger charge is 2.27. The van der Waals surface area contributed by atoms with Gasteiger partial charge in [-0.1, -0.05) is 31.4 Å². The molecule has 1 aliphatic rings. The van der Waals surface area contributed by atoms with E-state index in [2.05, 4.69) is 10.3 Å². The van der Waals surface area contributed by atoms with E-state index in [9.17, 15) is 4.79 Å². The van der Waals surface area contributed by atoms with Crippen LogP contribution >= 0.6 is 24.8 Å². The molecule has 0 saturated heterocycles. The molecule has 1 saturated carbocycles. The third-order valence-electron chi connectivity index (χ3n) is 4.56. The quantitative estimate of drug-likeness (QED) is 0.825. The molecule has 3 rings (SSSR count). The molecule has 1 aliphatic carbocycles. The summed E-state index contributed by atoms with van der Waals surface area (Å²) in [4.78, 5) is 16.2. The third-order valence-corrected chi connectivity index (χ3v) is 4.56. The molecule has 1 aromatic heterocycles. The van der Waals surface area contributed by atoms with E-state index in [0.29, 0.717) is 5.56 Å². The maximum Gasteiger partial charge on any atom is 0.255 e. The average molecular weight is 382 g/mol. The molecule has 1 fully saturated rings. The van der Waals surface area contributed by atoms with E-state index < -0.39 is 0 Å². The molecular formula is C19H25Cl2N3O. The number of hydrogen-bond acceptors (Lipinski definition) is 3. The van der Waals surface area contributed by atoms with Gasteiger partial charge < -0.3 is 11.1 Å². The molecule has 0 atom stereocenters. The first-order valence-corrected chi connectivity index (χ1v) is 8.24. The summed E-state index contributed by atoms with van der Waals surface area (Å²) in [7, 11) is 0. The van der Waals surface area contributed by atoms with Crippen molar-refractivity contribution in [1.29, 1.82) is 0 Å². The number of nitrogens with two attached hydrogens (primary N) is 1. The number of hydrogen-bond donors (Lipinski definition) is 2.